The number of aromatic nitrogens is 3. The summed E-state index contributed by atoms with van der Waals surface area (Å²) in [6.45, 7) is 16.1. The quantitative estimate of drug-likeness (QED) is 0.139. The van der Waals surface area contributed by atoms with Gasteiger partial charge in [0.2, 0.25) is 5.91 Å². The number of likely N-dealkylation sites (N-methyl/N-ethyl adjacent to an activating group) is 1. The molecular weight excluding hydrogens is 710 g/mol. The van der Waals surface area contributed by atoms with E-state index in [0.717, 1.165) is 39.6 Å². The molecule has 0 aliphatic carbocycles. The molecule has 0 fully saturated rings. The van der Waals surface area contributed by atoms with Crippen LogP contribution in [0.4, 0.5) is 0 Å². The molecule has 1 aliphatic rings. The molecular formula is C37H52ClN5O8S. The van der Waals surface area contributed by atoms with Gasteiger partial charge in [0, 0.05) is 47.8 Å². The average molecular weight is 762 g/mol. The zero-order chi connectivity index (χ0) is 37.8. The van der Waals surface area contributed by atoms with Crippen molar-refractivity contribution in [1.82, 2.24) is 19.7 Å². The number of ether oxygens (including phenoxy) is 5. The molecule has 0 saturated carbocycles. The Morgan fingerprint density at radius 1 is 0.904 bits per heavy atom. The van der Waals surface area contributed by atoms with Crippen molar-refractivity contribution >= 4 is 40.5 Å². The number of halogens is 1. The Labute approximate surface area is 315 Å². The summed E-state index contributed by atoms with van der Waals surface area (Å²) in [5.74, 6) is -0.196. The monoisotopic (exact) mass is 761 g/mol. The van der Waals surface area contributed by atoms with E-state index in [2.05, 4.69) is 49.4 Å². The topological polar surface area (TPSA) is 147 Å². The summed E-state index contributed by atoms with van der Waals surface area (Å²) >= 11 is 7.97. The number of aryl methyl sites for hydroxylation is 2. The van der Waals surface area contributed by atoms with Gasteiger partial charge in [0.15, 0.2) is 5.82 Å². The van der Waals surface area contributed by atoms with E-state index < -0.39 is 23.3 Å². The van der Waals surface area contributed by atoms with Crippen LogP contribution in [0, 0.1) is 32.1 Å². The normalized spacial score (nSPS) is 14.8. The van der Waals surface area contributed by atoms with E-state index in [1.165, 1.54) is 4.88 Å². The minimum absolute atomic E-state index is 0.0427. The first-order valence-electron chi connectivity index (χ1n) is 17.5. The maximum atomic E-state index is 14.4. The van der Waals surface area contributed by atoms with Gasteiger partial charge in [-0.25, -0.2) is 4.79 Å². The maximum Gasteiger partial charge on any atom is 0.329 e. The minimum atomic E-state index is -1.00. The average Bonchev–Trinajstić information content (AvgIpc) is 3.56. The van der Waals surface area contributed by atoms with Crippen LogP contribution in [0.5, 0.6) is 0 Å². The van der Waals surface area contributed by atoms with Crippen LogP contribution in [0.2, 0.25) is 5.02 Å². The lowest BCUT2D eigenvalue weighted by Gasteiger charge is -2.36. The number of hydrogen-bond donors (Lipinski definition) is 1. The lowest BCUT2D eigenvalue weighted by Crippen LogP contribution is -2.43. The van der Waals surface area contributed by atoms with Crippen LogP contribution >= 0.6 is 22.9 Å². The van der Waals surface area contributed by atoms with E-state index in [1.54, 1.807) is 23.3 Å². The second-order valence-electron chi connectivity index (χ2n) is 13.7. The highest BCUT2D eigenvalue weighted by molar-refractivity contribution is 7.15. The van der Waals surface area contributed by atoms with Crippen LogP contribution in [-0.2, 0) is 33.3 Å². The molecule has 1 amide bonds. The minimum Gasteiger partial charge on any atom is -0.480 e. The number of fused-ring (bicyclic) bond motifs is 3. The molecule has 4 rings (SSSR count). The Morgan fingerprint density at radius 3 is 2.08 bits per heavy atom. The van der Waals surface area contributed by atoms with E-state index in [1.807, 2.05) is 31.2 Å². The van der Waals surface area contributed by atoms with E-state index in [9.17, 15) is 9.59 Å². The van der Waals surface area contributed by atoms with Crippen molar-refractivity contribution in [3.05, 3.63) is 62.5 Å². The van der Waals surface area contributed by atoms with Crippen molar-refractivity contribution in [3.8, 4) is 5.00 Å². The van der Waals surface area contributed by atoms with Crippen molar-refractivity contribution in [2.24, 2.45) is 16.3 Å². The van der Waals surface area contributed by atoms with Gasteiger partial charge in [-0.3, -0.25) is 14.4 Å². The van der Waals surface area contributed by atoms with Crippen molar-refractivity contribution in [2.45, 2.75) is 54.0 Å². The lowest BCUT2D eigenvalue weighted by atomic mass is 9.75. The number of carbonyl (C=O) groups is 2. The first-order valence-corrected chi connectivity index (χ1v) is 18.7. The molecule has 3 aromatic rings. The summed E-state index contributed by atoms with van der Waals surface area (Å²) in [4.78, 5) is 33.1. The molecule has 15 heteroatoms. The van der Waals surface area contributed by atoms with Gasteiger partial charge in [0.1, 0.15) is 23.5 Å². The second kappa shape index (κ2) is 19.7. The number of hydrogen-bond acceptors (Lipinski definition) is 11. The fraction of sp³-hybridized carbons (Fsp3) is 0.595. The highest BCUT2D eigenvalue weighted by Crippen LogP contribution is 2.45. The lowest BCUT2D eigenvalue weighted by molar-refractivity contribution is -0.143. The largest absolute Gasteiger partial charge is 0.480 e. The standard InChI is InChI=1S/C37H52ClN5O8S/c1-24-25(2)52-36-30(24)32(27-9-11-28(38)12-10-27)39-33(34-41-40-26(3)43(34)36)31(37(4,5)6)35(46)42(7)13-16-49-19-17-47-14-8-15-48-18-20-50-21-22-51-23-29(44)45/h9-12,31,33H,8,13-23H2,1-7H3,(H,44,45)/t31-,33?/m0/s1. The van der Waals surface area contributed by atoms with Gasteiger partial charge in [-0.1, -0.05) is 44.5 Å². The number of nitrogens with zero attached hydrogens (tertiary/aromatic N) is 5. The van der Waals surface area contributed by atoms with Crippen LogP contribution in [-0.4, -0.2) is 122 Å². The SMILES string of the molecule is Cc1sc2c(c1C)C(c1ccc(Cl)cc1)=NC([C@@H](C(=O)N(C)CCOCCOCCCOCCOCCOCC(=O)O)C(C)(C)C)c1nnc(C)n1-2. The summed E-state index contributed by atoms with van der Waals surface area (Å²) < 4.78 is 29.3. The van der Waals surface area contributed by atoms with E-state index >= 15 is 0 Å². The van der Waals surface area contributed by atoms with Gasteiger partial charge < -0.3 is 33.7 Å². The Balaban J connectivity index is 1.31. The molecule has 3 heterocycles. The number of benzene rings is 1. The number of carbonyl (C=O) groups excluding carboxylic acids is 1. The third kappa shape index (κ3) is 11.1. The number of carboxylic acid groups (broad SMARTS) is 1. The van der Waals surface area contributed by atoms with Gasteiger partial charge in [0.25, 0.3) is 0 Å². The Bertz CT molecular complexity index is 1650. The number of thiophene rings is 1. The van der Waals surface area contributed by atoms with E-state index in [0.29, 0.717) is 70.2 Å². The van der Waals surface area contributed by atoms with Gasteiger partial charge in [-0.05, 0) is 50.3 Å². The van der Waals surface area contributed by atoms with Crippen LogP contribution in [0.3, 0.4) is 0 Å². The zero-order valence-electron chi connectivity index (χ0n) is 31.3. The Kier molecular flexibility index (Phi) is 15.7. The summed E-state index contributed by atoms with van der Waals surface area (Å²) in [5, 5.41) is 19.3. The molecule has 1 N–H and O–H groups in total. The van der Waals surface area contributed by atoms with Crippen molar-refractivity contribution in [2.75, 3.05) is 79.7 Å². The molecule has 1 aliphatic heterocycles. The molecule has 52 heavy (non-hydrogen) atoms. The molecule has 0 spiro atoms. The first-order chi connectivity index (χ1) is 24.8. The van der Waals surface area contributed by atoms with Gasteiger partial charge in [-0.15, -0.1) is 21.5 Å². The van der Waals surface area contributed by atoms with E-state index in [4.69, 9.17) is 45.4 Å². The van der Waals surface area contributed by atoms with Gasteiger partial charge >= 0.3 is 5.97 Å². The molecule has 0 saturated heterocycles. The fourth-order valence-corrected chi connectivity index (χ4v) is 7.23. The molecule has 1 unspecified atom stereocenters. The molecule has 0 bridgehead atoms. The molecule has 1 aromatic carbocycles. The summed E-state index contributed by atoms with van der Waals surface area (Å²) in [7, 11) is 1.81. The fourth-order valence-electron chi connectivity index (χ4n) is 5.89. The Morgan fingerprint density at radius 2 is 1.48 bits per heavy atom. The Hall–Kier alpha value is -3.24. The summed E-state index contributed by atoms with van der Waals surface area (Å²) in [6, 6.07) is 7.09. The third-order valence-corrected chi connectivity index (χ3v) is 10.1. The smallest absolute Gasteiger partial charge is 0.329 e. The van der Waals surface area contributed by atoms with Crippen LogP contribution in [0.15, 0.2) is 29.3 Å². The number of amides is 1. The van der Waals surface area contributed by atoms with E-state index in [-0.39, 0.29) is 19.1 Å². The first kappa shape index (κ1) is 41.5. The molecule has 2 atom stereocenters. The highest BCUT2D eigenvalue weighted by Gasteiger charge is 2.45. The van der Waals surface area contributed by atoms with Gasteiger partial charge in [0.05, 0.1) is 57.9 Å². The van der Waals surface area contributed by atoms with Crippen LogP contribution in [0.1, 0.15) is 66.5 Å². The summed E-state index contributed by atoms with van der Waals surface area (Å²) in [6.07, 6.45) is 0.733. The molecule has 2 aromatic heterocycles. The maximum absolute atomic E-state index is 14.4. The zero-order valence-corrected chi connectivity index (χ0v) is 32.8. The molecule has 286 valence electrons. The van der Waals surface area contributed by atoms with Gasteiger partial charge in [-0.2, -0.15) is 0 Å². The molecule has 13 nitrogen and oxygen atoms in total. The summed E-state index contributed by atoms with van der Waals surface area (Å²) in [5.41, 5.74) is 3.43. The number of aliphatic carboxylic acids is 1. The highest BCUT2D eigenvalue weighted by atomic mass is 35.5. The second-order valence-corrected chi connectivity index (χ2v) is 15.3. The predicted octanol–water partition coefficient (Wildman–Crippen LogP) is 5.48. The molecule has 0 radical (unpaired) electrons. The third-order valence-electron chi connectivity index (χ3n) is 8.69. The predicted molar refractivity (Wildman–Crippen MR) is 200 cm³/mol. The van der Waals surface area contributed by atoms with Crippen molar-refractivity contribution < 1.29 is 38.4 Å². The van der Waals surface area contributed by atoms with Crippen molar-refractivity contribution in [1.29, 1.82) is 0 Å². The van der Waals surface area contributed by atoms with Crippen LogP contribution < -0.4 is 0 Å². The number of aliphatic imine (C=N–C) groups is 1. The number of carboxylic acids is 1. The number of rotatable bonds is 21. The van der Waals surface area contributed by atoms with Crippen molar-refractivity contribution in [3.63, 3.8) is 0 Å². The van der Waals surface area contributed by atoms with Crippen LogP contribution in [0.25, 0.3) is 5.00 Å².